The van der Waals surface area contributed by atoms with Gasteiger partial charge in [0.2, 0.25) is 5.91 Å². The van der Waals surface area contributed by atoms with Crippen molar-refractivity contribution in [2.45, 2.75) is 19.0 Å². The number of carbonyl (C=O) groups excluding carboxylic acids is 1. The van der Waals surface area contributed by atoms with E-state index in [-0.39, 0.29) is 31.2 Å². The maximum atomic E-state index is 13.7. The van der Waals surface area contributed by atoms with Gasteiger partial charge in [-0.1, -0.05) is 0 Å². The monoisotopic (exact) mass is 377 g/mol. The van der Waals surface area contributed by atoms with Gasteiger partial charge in [0.15, 0.2) is 17.4 Å². The van der Waals surface area contributed by atoms with Crippen LogP contribution in [0.2, 0.25) is 0 Å². The third kappa shape index (κ3) is 3.27. The summed E-state index contributed by atoms with van der Waals surface area (Å²) in [5.74, 6) is -1.19. The van der Waals surface area contributed by atoms with Gasteiger partial charge in [0.1, 0.15) is 19.0 Å². The number of ether oxygens (including phenoxy) is 1. The lowest BCUT2D eigenvalue weighted by Gasteiger charge is -2.26. The number of benzene rings is 1. The summed E-state index contributed by atoms with van der Waals surface area (Å²) in [6.07, 6.45) is 0.281. The van der Waals surface area contributed by atoms with E-state index >= 15 is 0 Å². The van der Waals surface area contributed by atoms with Crippen LogP contribution < -0.4 is 10.1 Å². The Balaban J connectivity index is 1.43. The Morgan fingerprint density at radius 2 is 2.31 bits per heavy atom. The predicted octanol–water partition coefficient (Wildman–Crippen LogP) is 1.80. The summed E-state index contributed by atoms with van der Waals surface area (Å²) in [6, 6.07) is 3.46. The number of fused-ring (bicyclic) bond motifs is 1. The van der Waals surface area contributed by atoms with Crippen LogP contribution in [0.5, 0.6) is 5.75 Å². The Hall–Kier alpha value is -2.88. The number of amides is 1. The molecule has 0 aliphatic carbocycles. The van der Waals surface area contributed by atoms with E-state index in [0.717, 1.165) is 11.6 Å². The summed E-state index contributed by atoms with van der Waals surface area (Å²) in [5.41, 5.74) is 1.22. The molecule has 26 heavy (non-hydrogen) atoms. The van der Waals surface area contributed by atoms with Crippen molar-refractivity contribution in [1.29, 1.82) is 0 Å². The number of carbonyl (C=O) groups is 1. The highest BCUT2D eigenvalue weighted by Crippen LogP contribution is 2.29. The van der Waals surface area contributed by atoms with E-state index in [2.05, 4.69) is 20.8 Å². The summed E-state index contributed by atoms with van der Waals surface area (Å²) < 4.78 is 33.8. The van der Waals surface area contributed by atoms with E-state index < -0.39 is 17.7 Å². The van der Waals surface area contributed by atoms with Crippen molar-refractivity contribution in [3.05, 3.63) is 46.2 Å². The molecule has 3 heterocycles. The van der Waals surface area contributed by atoms with Crippen LogP contribution in [0.15, 0.2) is 29.0 Å². The molecule has 7 nitrogen and oxygen atoms in total. The number of nitrogens with one attached hydrogen (secondary N) is 1. The van der Waals surface area contributed by atoms with Crippen molar-refractivity contribution in [3.63, 3.8) is 0 Å². The number of rotatable bonds is 4. The minimum atomic E-state index is -0.737. The summed E-state index contributed by atoms with van der Waals surface area (Å²) in [5, 5.41) is 17.9. The summed E-state index contributed by atoms with van der Waals surface area (Å²) in [7, 11) is 0. The van der Waals surface area contributed by atoms with Crippen molar-refractivity contribution in [3.8, 4) is 17.1 Å². The lowest BCUT2D eigenvalue weighted by molar-refractivity contribution is -0.122. The van der Waals surface area contributed by atoms with E-state index in [0.29, 0.717) is 11.4 Å². The average Bonchev–Trinajstić information content (AvgIpc) is 3.25. The molecule has 1 aliphatic rings. The highest BCUT2D eigenvalue weighted by molar-refractivity contribution is 7.08. The van der Waals surface area contributed by atoms with Gasteiger partial charge in [0, 0.05) is 22.6 Å². The van der Waals surface area contributed by atoms with Gasteiger partial charge in [-0.3, -0.25) is 4.79 Å². The first-order chi connectivity index (χ1) is 12.6. The molecule has 1 atom stereocenters. The number of aromatic nitrogens is 4. The average molecular weight is 377 g/mol. The molecule has 1 amide bonds. The fraction of sp³-hybridized carbons (Fsp3) is 0.250. The third-order valence-electron chi connectivity index (χ3n) is 3.95. The largest absolute Gasteiger partial charge is 0.488 e. The van der Waals surface area contributed by atoms with Crippen LogP contribution >= 0.6 is 11.3 Å². The second-order valence-corrected chi connectivity index (χ2v) is 6.61. The summed E-state index contributed by atoms with van der Waals surface area (Å²) >= 11 is 1.50. The highest BCUT2D eigenvalue weighted by Gasteiger charge is 2.25. The Labute approximate surface area is 150 Å². The maximum absolute atomic E-state index is 13.7. The molecular weight excluding hydrogens is 364 g/mol. The number of halogens is 2. The molecule has 3 aromatic rings. The molecular formula is C16H13F2N5O2S. The van der Waals surface area contributed by atoms with Crippen LogP contribution in [0.25, 0.3) is 11.4 Å². The summed E-state index contributed by atoms with van der Waals surface area (Å²) in [6.45, 7) is 0.0351. The predicted molar refractivity (Wildman–Crippen MR) is 88.6 cm³/mol. The third-order valence-corrected chi connectivity index (χ3v) is 4.63. The fourth-order valence-electron chi connectivity index (χ4n) is 2.85. The summed E-state index contributed by atoms with van der Waals surface area (Å²) in [4.78, 5) is 12.3. The van der Waals surface area contributed by atoms with Gasteiger partial charge in [-0.2, -0.15) is 11.3 Å². The Kier molecular flexibility index (Phi) is 4.33. The molecule has 1 unspecified atom stereocenters. The molecule has 0 saturated heterocycles. The van der Waals surface area contributed by atoms with Crippen molar-refractivity contribution in [1.82, 2.24) is 25.5 Å². The van der Waals surface area contributed by atoms with E-state index in [1.165, 1.54) is 22.1 Å². The van der Waals surface area contributed by atoms with E-state index in [9.17, 15) is 13.6 Å². The van der Waals surface area contributed by atoms with Gasteiger partial charge in [-0.25, -0.2) is 13.5 Å². The van der Waals surface area contributed by atoms with Crippen LogP contribution in [-0.4, -0.2) is 38.8 Å². The van der Waals surface area contributed by atoms with Gasteiger partial charge in [-0.05, 0) is 34.4 Å². The van der Waals surface area contributed by atoms with Crippen LogP contribution in [0, 0.1) is 11.6 Å². The van der Waals surface area contributed by atoms with Crippen molar-refractivity contribution in [2.24, 2.45) is 0 Å². The lowest BCUT2D eigenvalue weighted by atomic mass is 10.0. The lowest BCUT2D eigenvalue weighted by Crippen LogP contribution is -2.44. The highest BCUT2D eigenvalue weighted by atomic mass is 32.1. The van der Waals surface area contributed by atoms with Crippen LogP contribution in [-0.2, 0) is 17.8 Å². The van der Waals surface area contributed by atoms with Crippen molar-refractivity contribution >= 4 is 17.2 Å². The topological polar surface area (TPSA) is 81.9 Å². The zero-order chi connectivity index (χ0) is 18.1. The van der Waals surface area contributed by atoms with Gasteiger partial charge in [0.05, 0.1) is 6.04 Å². The quantitative estimate of drug-likeness (QED) is 0.750. The first kappa shape index (κ1) is 16.6. The number of nitrogens with zero attached hydrogens (tertiary/aromatic N) is 4. The molecule has 0 fully saturated rings. The second kappa shape index (κ2) is 6.79. The van der Waals surface area contributed by atoms with Crippen molar-refractivity contribution in [2.75, 3.05) is 6.61 Å². The van der Waals surface area contributed by atoms with Crippen LogP contribution in [0.1, 0.15) is 5.56 Å². The molecule has 0 bridgehead atoms. The second-order valence-electron chi connectivity index (χ2n) is 5.83. The molecule has 4 rings (SSSR count). The zero-order valence-electron chi connectivity index (χ0n) is 13.4. The molecule has 1 N–H and O–H groups in total. The van der Waals surface area contributed by atoms with Gasteiger partial charge < -0.3 is 10.1 Å². The molecule has 1 aromatic carbocycles. The number of hydrogen-bond donors (Lipinski definition) is 1. The Morgan fingerprint density at radius 1 is 1.42 bits per heavy atom. The van der Waals surface area contributed by atoms with E-state index in [1.54, 1.807) is 0 Å². The Bertz CT molecular complexity index is 944. The number of tetrazole rings is 1. The maximum Gasteiger partial charge on any atom is 0.242 e. The fourth-order valence-corrected chi connectivity index (χ4v) is 3.48. The van der Waals surface area contributed by atoms with Crippen LogP contribution in [0.3, 0.4) is 0 Å². The smallest absolute Gasteiger partial charge is 0.242 e. The van der Waals surface area contributed by atoms with E-state index in [1.807, 2.05) is 16.8 Å². The normalized spacial score (nSPS) is 16.0. The van der Waals surface area contributed by atoms with Crippen molar-refractivity contribution < 1.29 is 18.3 Å². The minimum absolute atomic E-state index is 0.0390. The van der Waals surface area contributed by atoms with Gasteiger partial charge in [0.25, 0.3) is 0 Å². The molecule has 0 saturated carbocycles. The molecule has 0 radical (unpaired) electrons. The van der Waals surface area contributed by atoms with Gasteiger partial charge in [-0.15, -0.1) is 5.10 Å². The molecule has 1 aliphatic heterocycles. The molecule has 0 spiro atoms. The molecule has 2 aromatic heterocycles. The number of hydrogen-bond acceptors (Lipinski definition) is 6. The Morgan fingerprint density at radius 3 is 3.12 bits per heavy atom. The molecule has 10 heteroatoms. The minimum Gasteiger partial charge on any atom is -0.488 e. The first-order valence-corrected chi connectivity index (χ1v) is 8.73. The number of thiophene rings is 1. The standard InChI is InChI=1S/C16H13F2N5O2S/c17-11-3-10-4-12(7-25-15(10)13(18)5-11)19-14(24)6-23-16(20-21-22-23)9-1-2-26-8-9/h1-3,5,8,12H,4,6-7H2,(H,19,24). The molecule has 134 valence electrons. The zero-order valence-corrected chi connectivity index (χ0v) is 14.2. The van der Waals surface area contributed by atoms with Crippen LogP contribution in [0.4, 0.5) is 8.78 Å². The first-order valence-electron chi connectivity index (χ1n) is 7.79. The van der Waals surface area contributed by atoms with Gasteiger partial charge >= 0.3 is 0 Å². The van der Waals surface area contributed by atoms with E-state index in [4.69, 9.17) is 4.74 Å². The SMILES string of the molecule is O=C(Cn1nnnc1-c1ccsc1)NC1COc2c(F)cc(F)cc2C1.